The number of furan rings is 1. The minimum absolute atomic E-state index is 0. The number of para-hydroxylation sites is 2. The number of aromatic nitrogens is 2. The summed E-state index contributed by atoms with van der Waals surface area (Å²) in [6.45, 7) is 5.05. The van der Waals surface area contributed by atoms with Crippen molar-refractivity contribution in [3.63, 3.8) is 0 Å². The van der Waals surface area contributed by atoms with Gasteiger partial charge in [-0.3, -0.25) is 4.79 Å². The third-order valence-corrected chi connectivity index (χ3v) is 3.85. The topological polar surface area (TPSA) is 86.1 Å². The van der Waals surface area contributed by atoms with Crippen molar-refractivity contribution in [2.24, 2.45) is 5.73 Å². The highest BCUT2D eigenvalue weighted by molar-refractivity contribution is 5.94. The Balaban J connectivity index is 0.00000156. The second-order valence-electron chi connectivity index (χ2n) is 5.40. The van der Waals surface area contributed by atoms with Crippen molar-refractivity contribution in [3.8, 4) is 0 Å². The van der Waals surface area contributed by atoms with Gasteiger partial charge in [0.05, 0.1) is 29.2 Å². The molecule has 0 spiro atoms. The molecule has 6 nitrogen and oxygen atoms in total. The number of nitrogens with zero attached hydrogens (tertiary/aromatic N) is 2. The first kappa shape index (κ1) is 21.0. The quantitative estimate of drug-likeness (QED) is 0.705. The lowest BCUT2D eigenvalue weighted by molar-refractivity contribution is 0.0937. The third-order valence-electron chi connectivity index (χ3n) is 3.85. The van der Waals surface area contributed by atoms with Crippen LogP contribution < -0.4 is 11.1 Å². The number of fused-ring (bicyclic) bond motifs is 1. The van der Waals surface area contributed by atoms with E-state index in [0.717, 1.165) is 23.4 Å². The van der Waals surface area contributed by atoms with E-state index in [0.29, 0.717) is 11.3 Å². The van der Waals surface area contributed by atoms with Crippen LogP contribution in [0.15, 0.2) is 41.0 Å². The van der Waals surface area contributed by atoms with Crippen molar-refractivity contribution in [2.75, 3.05) is 0 Å². The van der Waals surface area contributed by atoms with E-state index in [1.54, 1.807) is 6.07 Å². The molecule has 0 aliphatic rings. The van der Waals surface area contributed by atoms with Gasteiger partial charge in [0.2, 0.25) is 0 Å². The Hall–Kier alpha value is -2.02. The van der Waals surface area contributed by atoms with E-state index in [2.05, 4.69) is 21.8 Å². The Labute approximate surface area is 158 Å². The Morgan fingerprint density at radius 2 is 2.08 bits per heavy atom. The monoisotopic (exact) mass is 384 g/mol. The van der Waals surface area contributed by atoms with Crippen molar-refractivity contribution in [3.05, 3.63) is 53.7 Å². The van der Waals surface area contributed by atoms with Crippen molar-refractivity contribution in [1.82, 2.24) is 14.9 Å². The normalized spacial score (nSPS) is 11.5. The number of carbonyl (C=O) groups excluding carboxylic acids is 1. The summed E-state index contributed by atoms with van der Waals surface area (Å²) in [7, 11) is 0. The lowest BCUT2D eigenvalue weighted by atomic mass is 10.2. The molecule has 8 heteroatoms. The van der Waals surface area contributed by atoms with Crippen molar-refractivity contribution < 1.29 is 9.21 Å². The Morgan fingerprint density at radius 3 is 2.72 bits per heavy atom. The van der Waals surface area contributed by atoms with Crippen molar-refractivity contribution in [1.29, 1.82) is 0 Å². The maximum atomic E-state index is 12.3. The predicted molar refractivity (Wildman–Crippen MR) is 102 cm³/mol. The Bertz CT molecular complexity index is 844. The number of aryl methyl sites for hydroxylation is 1. The Morgan fingerprint density at radius 1 is 1.36 bits per heavy atom. The molecule has 1 unspecified atom stereocenters. The van der Waals surface area contributed by atoms with Crippen LogP contribution in [0.3, 0.4) is 0 Å². The number of carbonyl (C=O) groups is 1. The Kier molecular flexibility index (Phi) is 7.48. The van der Waals surface area contributed by atoms with Gasteiger partial charge in [-0.05, 0) is 32.0 Å². The molecule has 136 valence electrons. The van der Waals surface area contributed by atoms with Gasteiger partial charge in [-0.25, -0.2) is 4.98 Å². The van der Waals surface area contributed by atoms with E-state index >= 15 is 0 Å². The van der Waals surface area contributed by atoms with Gasteiger partial charge in [0, 0.05) is 6.54 Å². The first-order valence-electron chi connectivity index (χ1n) is 7.67. The molecule has 3 N–H and O–H groups in total. The second-order valence-corrected chi connectivity index (χ2v) is 5.40. The van der Waals surface area contributed by atoms with Gasteiger partial charge < -0.3 is 20.0 Å². The fraction of sp³-hybridized carbons (Fsp3) is 0.294. The van der Waals surface area contributed by atoms with Crippen LogP contribution in [0.25, 0.3) is 11.0 Å². The summed E-state index contributed by atoms with van der Waals surface area (Å²) >= 11 is 0. The number of imidazole rings is 1. The molecule has 0 bridgehead atoms. The first-order chi connectivity index (χ1) is 11.1. The van der Waals surface area contributed by atoms with Gasteiger partial charge in [0.25, 0.3) is 5.91 Å². The second kappa shape index (κ2) is 8.89. The van der Waals surface area contributed by atoms with Crippen molar-refractivity contribution in [2.45, 2.75) is 33.0 Å². The zero-order chi connectivity index (χ0) is 16.4. The van der Waals surface area contributed by atoms with Gasteiger partial charge in [0.15, 0.2) is 0 Å². The molecule has 0 aliphatic heterocycles. The maximum Gasteiger partial charge on any atom is 0.255 e. The number of halogens is 2. The summed E-state index contributed by atoms with van der Waals surface area (Å²) in [6, 6.07) is 9.40. The molecule has 0 saturated heterocycles. The smallest absolute Gasteiger partial charge is 0.255 e. The molecule has 0 fully saturated rings. The van der Waals surface area contributed by atoms with Gasteiger partial charge in [-0.1, -0.05) is 12.1 Å². The van der Waals surface area contributed by atoms with E-state index in [-0.39, 0.29) is 43.3 Å². The number of rotatable bonds is 5. The highest BCUT2D eigenvalue weighted by atomic mass is 35.5. The standard InChI is InChI=1S/C17H20N4O2.2ClH/c1-3-21-15-7-5-4-6-14(15)20-16(21)11(2)19-17(22)12-8-13(9-18)23-10-12;;/h4-8,10-11H,3,9,18H2,1-2H3,(H,19,22);2*1H. The first-order valence-corrected chi connectivity index (χ1v) is 7.67. The minimum atomic E-state index is -0.217. The van der Waals surface area contributed by atoms with Gasteiger partial charge in [0.1, 0.15) is 17.8 Å². The number of nitrogens with two attached hydrogens (primary N) is 1. The largest absolute Gasteiger partial charge is 0.467 e. The maximum absolute atomic E-state index is 12.3. The summed E-state index contributed by atoms with van der Waals surface area (Å²) in [6.07, 6.45) is 1.42. The predicted octanol–water partition coefficient (Wildman–Crippen LogP) is 3.44. The van der Waals surface area contributed by atoms with Crippen LogP contribution in [-0.4, -0.2) is 15.5 Å². The lowest BCUT2D eigenvalue weighted by Gasteiger charge is -2.14. The lowest BCUT2D eigenvalue weighted by Crippen LogP contribution is -2.28. The molecule has 3 rings (SSSR count). The molecule has 0 saturated carbocycles. The van der Waals surface area contributed by atoms with E-state index in [9.17, 15) is 4.79 Å². The third kappa shape index (κ3) is 4.15. The molecule has 1 aromatic carbocycles. The highest BCUT2D eigenvalue weighted by Gasteiger charge is 2.19. The van der Waals surface area contributed by atoms with E-state index in [1.165, 1.54) is 6.26 Å². The summed E-state index contributed by atoms with van der Waals surface area (Å²) in [5.74, 6) is 1.23. The molecule has 0 radical (unpaired) electrons. The number of nitrogens with one attached hydrogen (secondary N) is 1. The number of benzene rings is 1. The van der Waals surface area contributed by atoms with Crippen LogP contribution in [0, 0.1) is 0 Å². The summed E-state index contributed by atoms with van der Waals surface area (Å²) < 4.78 is 7.32. The van der Waals surface area contributed by atoms with Crippen LogP contribution >= 0.6 is 24.8 Å². The van der Waals surface area contributed by atoms with E-state index in [1.807, 2.05) is 31.2 Å². The molecular formula is C17H22Cl2N4O2. The van der Waals surface area contributed by atoms with E-state index in [4.69, 9.17) is 10.2 Å². The van der Waals surface area contributed by atoms with Gasteiger partial charge >= 0.3 is 0 Å². The minimum Gasteiger partial charge on any atom is -0.467 e. The summed E-state index contributed by atoms with van der Waals surface area (Å²) in [5.41, 5.74) is 7.97. The summed E-state index contributed by atoms with van der Waals surface area (Å²) in [4.78, 5) is 17.0. The van der Waals surface area contributed by atoms with E-state index < -0.39 is 0 Å². The molecule has 1 atom stereocenters. The molecular weight excluding hydrogens is 363 g/mol. The zero-order valence-corrected chi connectivity index (χ0v) is 15.7. The van der Waals surface area contributed by atoms with Crippen molar-refractivity contribution >= 4 is 41.8 Å². The van der Waals surface area contributed by atoms with Crippen LogP contribution in [-0.2, 0) is 13.1 Å². The molecule has 1 amide bonds. The van der Waals surface area contributed by atoms with Crippen LogP contribution in [0.5, 0.6) is 0 Å². The highest BCUT2D eigenvalue weighted by Crippen LogP contribution is 2.21. The van der Waals surface area contributed by atoms with Crippen LogP contribution in [0.1, 0.15) is 41.8 Å². The number of hydrogen-bond acceptors (Lipinski definition) is 4. The number of amides is 1. The molecule has 0 aliphatic carbocycles. The van der Waals surface area contributed by atoms with Gasteiger partial charge in [-0.15, -0.1) is 24.8 Å². The van der Waals surface area contributed by atoms with Gasteiger partial charge in [-0.2, -0.15) is 0 Å². The molecule has 25 heavy (non-hydrogen) atoms. The molecule has 2 heterocycles. The van der Waals surface area contributed by atoms with Crippen LogP contribution in [0.2, 0.25) is 0 Å². The average molecular weight is 385 g/mol. The fourth-order valence-corrected chi connectivity index (χ4v) is 2.71. The molecule has 2 aromatic heterocycles. The van der Waals surface area contributed by atoms with Crippen LogP contribution in [0.4, 0.5) is 0 Å². The number of hydrogen-bond donors (Lipinski definition) is 2. The summed E-state index contributed by atoms with van der Waals surface area (Å²) in [5, 5.41) is 2.96. The molecule has 3 aromatic rings. The zero-order valence-electron chi connectivity index (χ0n) is 14.1. The average Bonchev–Trinajstić information content (AvgIpc) is 3.18. The SMILES string of the molecule is CCn1c(C(C)NC(=O)c2coc(CN)c2)nc2ccccc21.Cl.Cl. The fourth-order valence-electron chi connectivity index (χ4n) is 2.71.